The summed E-state index contributed by atoms with van der Waals surface area (Å²) in [5.41, 5.74) is 1.16. The third-order valence-electron chi connectivity index (χ3n) is 3.49. The molecule has 1 aliphatic rings. The van der Waals surface area contributed by atoms with Crippen molar-refractivity contribution in [2.45, 2.75) is 12.5 Å². The van der Waals surface area contributed by atoms with Gasteiger partial charge in [-0.2, -0.15) is 5.10 Å². The predicted molar refractivity (Wildman–Crippen MR) is 77.6 cm³/mol. The van der Waals surface area contributed by atoms with Gasteiger partial charge < -0.3 is 14.8 Å². The van der Waals surface area contributed by atoms with Crippen LogP contribution < -0.4 is 10.1 Å². The second-order valence-corrected chi connectivity index (χ2v) is 4.88. The maximum atomic E-state index is 12.3. The van der Waals surface area contributed by atoms with E-state index in [0.29, 0.717) is 23.6 Å². The number of amides is 1. The summed E-state index contributed by atoms with van der Waals surface area (Å²) < 4.78 is 12.4. The molecule has 6 nitrogen and oxygen atoms in total. The van der Waals surface area contributed by atoms with Gasteiger partial charge in [0.1, 0.15) is 5.75 Å². The van der Waals surface area contributed by atoms with Crippen molar-refractivity contribution in [2.24, 2.45) is 0 Å². The van der Waals surface area contributed by atoms with Crippen LogP contribution in [0.2, 0.25) is 0 Å². The topological polar surface area (TPSA) is 65.4 Å². The number of benzene rings is 1. The van der Waals surface area contributed by atoms with Crippen molar-refractivity contribution in [3.05, 3.63) is 42.2 Å². The molecule has 1 saturated heterocycles. The Balaban J connectivity index is 1.72. The molecule has 1 aromatic heterocycles. The van der Waals surface area contributed by atoms with Gasteiger partial charge >= 0.3 is 0 Å². The molecule has 0 unspecified atom stereocenters. The van der Waals surface area contributed by atoms with Crippen LogP contribution in [0.4, 0.5) is 5.69 Å². The summed E-state index contributed by atoms with van der Waals surface area (Å²) in [7, 11) is 1.55. The van der Waals surface area contributed by atoms with Gasteiger partial charge in [0.05, 0.1) is 37.2 Å². The molecule has 0 spiro atoms. The lowest BCUT2D eigenvalue weighted by Crippen LogP contribution is -2.13. The van der Waals surface area contributed by atoms with Gasteiger partial charge in [0.2, 0.25) is 0 Å². The number of anilines is 1. The summed E-state index contributed by atoms with van der Waals surface area (Å²) in [5.74, 6) is 0.334. The highest BCUT2D eigenvalue weighted by Gasteiger charge is 2.19. The van der Waals surface area contributed by atoms with Crippen molar-refractivity contribution in [1.29, 1.82) is 0 Å². The molecule has 110 valence electrons. The minimum Gasteiger partial charge on any atom is -0.496 e. The van der Waals surface area contributed by atoms with Gasteiger partial charge in [-0.05, 0) is 18.6 Å². The minimum atomic E-state index is -0.213. The molecule has 0 aliphatic carbocycles. The zero-order valence-electron chi connectivity index (χ0n) is 11.8. The monoisotopic (exact) mass is 287 g/mol. The van der Waals surface area contributed by atoms with Crippen LogP contribution in [-0.4, -0.2) is 36.0 Å². The zero-order chi connectivity index (χ0) is 14.7. The standard InChI is InChI=1S/C15H17N3O3/c1-20-14-5-3-2-4-13(14)15(19)17-11-8-16-18(9-11)12-6-7-21-10-12/h2-5,8-9,12H,6-7,10H2,1H3,(H,17,19)/t12-/m1/s1. The Labute approximate surface area is 122 Å². The number of carbonyl (C=O) groups is 1. The third kappa shape index (κ3) is 2.90. The normalized spacial score (nSPS) is 17.7. The quantitative estimate of drug-likeness (QED) is 0.935. The molecular weight excluding hydrogens is 270 g/mol. The van der Waals surface area contributed by atoms with Crippen LogP contribution in [0.25, 0.3) is 0 Å². The summed E-state index contributed by atoms with van der Waals surface area (Å²) >= 11 is 0. The lowest BCUT2D eigenvalue weighted by Gasteiger charge is -2.08. The van der Waals surface area contributed by atoms with E-state index in [2.05, 4.69) is 10.4 Å². The number of aromatic nitrogens is 2. The van der Waals surface area contributed by atoms with Gasteiger partial charge in [-0.15, -0.1) is 0 Å². The van der Waals surface area contributed by atoms with Crippen LogP contribution in [0.15, 0.2) is 36.7 Å². The van der Waals surface area contributed by atoms with E-state index in [1.807, 2.05) is 16.9 Å². The molecule has 1 aliphatic heterocycles. The van der Waals surface area contributed by atoms with Gasteiger partial charge in [0, 0.05) is 12.8 Å². The Morgan fingerprint density at radius 3 is 3.10 bits per heavy atom. The lowest BCUT2D eigenvalue weighted by atomic mass is 10.2. The molecule has 1 fully saturated rings. The van der Waals surface area contributed by atoms with E-state index >= 15 is 0 Å². The van der Waals surface area contributed by atoms with Crippen molar-refractivity contribution < 1.29 is 14.3 Å². The Bertz CT molecular complexity index is 633. The molecule has 1 N–H and O–H groups in total. The molecule has 1 amide bonds. The van der Waals surface area contributed by atoms with Gasteiger partial charge in [0.25, 0.3) is 5.91 Å². The van der Waals surface area contributed by atoms with Crippen LogP contribution in [0.5, 0.6) is 5.75 Å². The number of para-hydroxylation sites is 1. The molecular formula is C15H17N3O3. The second kappa shape index (κ2) is 5.97. The van der Waals surface area contributed by atoms with E-state index in [0.717, 1.165) is 13.0 Å². The smallest absolute Gasteiger partial charge is 0.259 e. The fraction of sp³-hybridized carbons (Fsp3) is 0.333. The fourth-order valence-electron chi connectivity index (χ4n) is 2.36. The van der Waals surface area contributed by atoms with E-state index < -0.39 is 0 Å². The molecule has 1 aromatic carbocycles. The SMILES string of the molecule is COc1ccccc1C(=O)Nc1cnn([C@@H]2CCOC2)c1. The number of nitrogens with one attached hydrogen (secondary N) is 1. The van der Waals surface area contributed by atoms with Crippen molar-refractivity contribution in [3.63, 3.8) is 0 Å². The molecule has 2 heterocycles. The van der Waals surface area contributed by atoms with E-state index in [4.69, 9.17) is 9.47 Å². The van der Waals surface area contributed by atoms with Crippen molar-refractivity contribution >= 4 is 11.6 Å². The average molecular weight is 287 g/mol. The Hall–Kier alpha value is -2.34. The van der Waals surface area contributed by atoms with Gasteiger partial charge in [-0.3, -0.25) is 9.48 Å². The molecule has 1 atom stereocenters. The highest BCUT2D eigenvalue weighted by molar-refractivity contribution is 6.06. The first-order valence-corrected chi connectivity index (χ1v) is 6.84. The number of ether oxygens (including phenoxy) is 2. The van der Waals surface area contributed by atoms with Gasteiger partial charge in [-0.1, -0.05) is 12.1 Å². The molecule has 21 heavy (non-hydrogen) atoms. The Morgan fingerprint density at radius 1 is 1.48 bits per heavy atom. The first-order chi connectivity index (χ1) is 10.3. The van der Waals surface area contributed by atoms with Crippen LogP contribution in [0, 0.1) is 0 Å². The maximum absolute atomic E-state index is 12.3. The highest BCUT2D eigenvalue weighted by atomic mass is 16.5. The molecule has 6 heteroatoms. The fourth-order valence-corrected chi connectivity index (χ4v) is 2.36. The Kier molecular flexibility index (Phi) is 3.87. The lowest BCUT2D eigenvalue weighted by molar-refractivity contribution is 0.102. The number of carbonyl (C=O) groups excluding carboxylic acids is 1. The number of rotatable bonds is 4. The highest BCUT2D eigenvalue weighted by Crippen LogP contribution is 2.21. The van der Waals surface area contributed by atoms with Gasteiger partial charge in [0.15, 0.2) is 0 Å². The number of nitrogens with zero attached hydrogens (tertiary/aromatic N) is 2. The van der Waals surface area contributed by atoms with Crippen LogP contribution in [0.3, 0.4) is 0 Å². The van der Waals surface area contributed by atoms with E-state index in [1.54, 1.807) is 31.5 Å². The van der Waals surface area contributed by atoms with Gasteiger partial charge in [-0.25, -0.2) is 0 Å². The molecule has 0 bridgehead atoms. The third-order valence-corrected chi connectivity index (χ3v) is 3.49. The van der Waals surface area contributed by atoms with Crippen molar-refractivity contribution in [2.75, 3.05) is 25.6 Å². The first kappa shape index (κ1) is 13.6. The zero-order valence-corrected chi connectivity index (χ0v) is 11.8. The number of hydrogen-bond donors (Lipinski definition) is 1. The minimum absolute atomic E-state index is 0.213. The summed E-state index contributed by atoms with van der Waals surface area (Å²) in [6.07, 6.45) is 4.42. The Morgan fingerprint density at radius 2 is 2.33 bits per heavy atom. The molecule has 2 aromatic rings. The number of hydrogen-bond acceptors (Lipinski definition) is 4. The predicted octanol–water partition coefficient (Wildman–Crippen LogP) is 2.11. The summed E-state index contributed by atoms with van der Waals surface area (Å²) in [4.78, 5) is 12.3. The average Bonchev–Trinajstić information content (AvgIpc) is 3.17. The van der Waals surface area contributed by atoms with Crippen LogP contribution in [0.1, 0.15) is 22.8 Å². The second-order valence-electron chi connectivity index (χ2n) is 4.88. The maximum Gasteiger partial charge on any atom is 0.259 e. The number of methoxy groups -OCH3 is 1. The molecule has 0 radical (unpaired) electrons. The van der Waals surface area contributed by atoms with Crippen molar-refractivity contribution in [3.8, 4) is 5.75 Å². The van der Waals surface area contributed by atoms with E-state index in [9.17, 15) is 4.79 Å². The summed E-state index contributed by atoms with van der Waals surface area (Å²) in [6.45, 7) is 1.43. The van der Waals surface area contributed by atoms with Crippen LogP contribution >= 0.6 is 0 Å². The van der Waals surface area contributed by atoms with Crippen molar-refractivity contribution in [1.82, 2.24) is 9.78 Å². The summed E-state index contributed by atoms with van der Waals surface area (Å²) in [5, 5.41) is 7.11. The largest absolute Gasteiger partial charge is 0.496 e. The van der Waals surface area contributed by atoms with E-state index in [1.165, 1.54) is 0 Å². The molecule has 0 saturated carbocycles. The van der Waals surface area contributed by atoms with E-state index in [-0.39, 0.29) is 11.9 Å². The van der Waals surface area contributed by atoms with Crippen LogP contribution in [-0.2, 0) is 4.74 Å². The molecule has 3 rings (SSSR count). The summed E-state index contributed by atoms with van der Waals surface area (Å²) in [6, 6.07) is 7.36. The first-order valence-electron chi connectivity index (χ1n) is 6.84.